The van der Waals surface area contributed by atoms with Crippen LogP contribution < -0.4 is 9.64 Å². The zero-order valence-corrected chi connectivity index (χ0v) is 13.8. The lowest BCUT2D eigenvalue weighted by atomic mass is 9.95. The quantitative estimate of drug-likeness (QED) is 0.835. The molecule has 23 heavy (non-hydrogen) atoms. The van der Waals surface area contributed by atoms with Crippen LogP contribution in [0.3, 0.4) is 0 Å². The Morgan fingerprint density at radius 1 is 1.09 bits per heavy atom. The molecule has 0 saturated carbocycles. The Morgan fingerprint density at radius 2 is 1.78 bits per heavy atom. The molecule has 3 nitrogen and oxygen atoms in total. The van der Waals surface area contributed by atoms with E-state index in [0.717, 1.165) is 46.8 Å². The number of methoxy groups -OCH3 is 1. The smallest absolute Gasteiger partial charge is 0.131 e. The average Bonchev–Trinajstić information content (AvgIpc) is 2.62. The van der Waals surface area contributed by atoms with Gasteiger partial charge in [-0.25, -0.2) is 0 Å². The van der Waals surface area contributed by atoms with E-state index in [9.17, 15) is 5.26 Å². The van der Waals surface area contributed by atoms with Crippen LogP contribution in [0.2, 0.25) is 0 Å². The van der Waals surface area contributed by atoms with Crippen LogP contribution in [0.15, 0.2) is 36.4 Å². The van der Waals surface area contributed by atoms with Crippen molar-refractivity contribution in [3.8, 4) is 22.9 Å². The van der Waals surface area contributed by atoms with Crippen molar-refractivity contribution >= 4 is 5.69 Å². The second-order valence-corrected chi connectivity index (χ2v) is 6.00. The van der Waals surface area contributed by atoms with E-state index in [2.05, 4.69) is 29.2 Å². The Bertz CT molecular complexity index is 726. The van der Waals surface area contributed by atoms with Gasteiger partial charge in [-0.1, -0.05) is 30.3 Å². The molecular formula is C20H22N2O. The highest BCUT2D eigenvalue weighted by molar-refractivity contribution is 5.81. The van der Waals surface area contributed by atoms with Crippen molar-refractivity contribution in [3.63, 3.8) is 0 Å². The lowest BCUT2D eigenvalue weighted by Gasteiger charge is -2.31. The summed E-state index contributed by atoms with van der Waals surface area (Å²) in [7, 11) is 1.68. The number of ether oxygens (including phenoxy) is 1. The molecule has 0 N–H and O–H groups in total. The van der Waals surface area contributed by atoms with Crippen LogP contribution in [-0.2, 0) is 0 Å². The molecular weight excluding hydrogens is 284 g/mol. The van der Waals surface area contributed by atoms with Gasteiger partial charge in [0.25, 0.3) is 0 Å². The van der Waals surface area contributed by atoms with Crippen LogP contribution in [0.25, 0.3) is 11.1 Å². The third kappa shape index (κ3) is 2.90. The Balaban J connectivity index is 2.19. The molecule has 1 fully saturated rings. The van der Waals surface area contributed by atoms with E-state index in [-0.39, 0.29) is 0 Å². The minimum atomic E-state index is 0.739. The van der Waals surface area contributed by atoms with Gasteiger partial charge in [-0.2, -0.15) is 5.26 Å². The maximum Gasteiger partial charge on any atom is 0.131 e. The fourth-order valence-electron chi connectivity index (χ4n) is 3.40. The number of anilines is 1. The molecule has 0 atom stereocenters. The summed E-state index contributed by atoms with van der Waals surface area (Å²) in [6.07, 6.45) is 3.66. The number of benzene rings is 2. The first-order valence-electron chi connectivity index (χ1n) is 8.18. The van der Waals surface area contributed by atoms with Gasteiger partial charge in [-0.05, 0) is 37.8 Å². The van der Waals surface area contributed by atoms with Gasteiger partial charge in [0.15, 0.2) is 0 Å². The largest absolute Gasteiger partial charge is 0.496 e. The molecule has 0 unspecified atom stereocenters. The molecule has 118 valence electrons. The molecule has 1 aliphatic heterocycles. The number of rotatable bonds is 3. The van der Waals surface area contributed by atoms with Crippen molar-refractivity contribution in [3.05, 3.63) is 47.5 Å². The van der Waals surface area contributed by atoms with Gasteiger partial charge in [0.1, 0.15) is 11.8 Å². The van der Waals surface area contributed by atoms with E-state index in [0.29, 0.717) is 0 Å². The monoisotopic (exact) mass is 306 g/mol. The number of hydrogen-bond acceptors (Lipinski definition) is 3. The molecule has 0 aromatic heterocycles. The third-order valence-electron chi connectivity index (χ3n) is 4.59. The summed E-state index contributed by atoms with van der Waals surface area (Å²) >= 11 is 0. The van der Waals surface area contributed by atoms with E-state index in [1.807, 2.05) is 25.1 Å². The number of nitrogens with zero attached hydrogens (tertiary/aromatic N) is 2. The maximum atomic E-state index is 9.68. The predicted octanol–water partition coefficient (Wildman–Crippen LogP) is 4.53. The van der Waals surface area contributed by atoms with E-state index < -0.39 is 0 Å². The Hall–Kier alpha value is -2.47. The van der Waals surface area contributed by atoms with Crippen LogP contribution in [0, 0.1) is 18.3 Å². The summed E-state index contributed by atoms with van der Waals surface area (Å²) in [5.41, 5.74) is 4.89. The summed E-state index contributed by atoms with van der Waals surface area (Å²) in [4.78, 5) is 2.35. The fourth-order valence-corrected chi connectivity index (χ4v) is 3.40. The molecule has 3 rings (SSSR count). The summed E-state index contributed by atoms with van der Waals surface area (Å²) < 4.78 is 5.65. The molecule has 1 aliphatic rings. The van der Waals surface area contributed by atoms with Crippen molar-refractivity contribution in [1.29, 1.82) is 5.26 Å². The number of piperidine rings is 1. The SMILES string of the molecule is COc1c(-c2ccccc2)cc(N2CCCCC2)c(C#N)c1C. The Kier molecular flexibility index (Phi) is 4.52. The molecule has 0 amide bonds. The van der Waals surface area contributed by atoms with Crippen molar-refractivity contribution in [2.24, 2.45) is 0 Å². The molecule has 0 spiro atoms. The normalized spacial score (nSPS) is 14.4. The predicted molar refractivity (Wildman–Crippen MR) is 93.9 cm³/mol. The minimum absolute atomic E-state index is 0.739. The third-order valence-corrected chi connectivity index (χ3v) is 4.59. The van der Waals surface area contributed by atoms with Crippen molar-refractivity contribution < 1.29 is 4.74 Å². The zero-order valence-electron chi connectivity index (χ0n) is 13.8. The zero-order chi connectivity index (χ0) is 16.2. The first kappa shape index (κ1) is 15.4. The van der Waals surface area contributed by atoms with Gasteiger partial charge < -0.3 is 9.64 Å². The summed E-state index contributed by atoms with van der Waals surface area (Å²) in [6.45, 7) is 4.03. The van der Waals surface area contributed by atoms with Crippen LogP contribution in [0.1, 0.15) is 30.4 Å². The Labute approximate surface area is 138 Å². The minimum Gasteiger partial charge on any atom is -0.496 e. The lowest BCUT2D eigenvalue weighted by molar-refractivity contribution is 0.413. The van der Waals surface area contributed by atoms with E-state index in [1.165, 1.54) is 19.3 Å². The fraction of sp³-hybridized carbons (Fsp3) is 0.350. The highest BCUT2D eigenvalue weighted by Gasteiger charge is 2.21. The number of hydrogen-bond donors (Lipinski definition) is 0. The lowest BCUT2D eigenvalue weighted by Crippen LogP contribution is -2.30. The molecule has 3 heteroatoms. The number of nitriles is 1. The molecule has 0 radical (unpaired) electrons. The topological polar surface area (TPSA) is 36.3 Å². The van der Waals surface area contributed by atoms with Gasteiger partial charge in [0.05, 0.1) is 18.4 Å². The summed E-state index contributed by atoms with van der Waals surface area (Å²) in [6, 6.07) is 14.8. The molecule has 1 heterocycles. The standard InChI is InChI=1S/C20H22N2O/c1-15-18(14-21)19(22-11-7-4-8-12-22)13-17(20(15)23-2)16-9-5-3-6-10-16/h3,5-6,9-10,13H,4,7-8,11-12H2,1-2H3. The van der Waals surface area contributed by atoms with Crippen LogP contribution in [-0.4, -0.2) is 20.2 Å². The van der Waals surface area contributed by atoms with E-state index >= 15 is 0 Å². The van der Waals surface area contributed by atoms with Crippen LogP contribution >= 0.6 is 0 Å². The summed E-state index contributed by atoms with van der Waals surface area (Å²) in [5, 5.41) is 9.68. The van der Waals surface area contributed by atoms with Gasteiger partial charge in [-0.15, -0.1) is 0 Å². The van der Waals surface area contributed by atoms with Crippen LogP contribution in [0.4, 0.5) is 5.69 Å². The van der Waals surface area contributed by atoms with Crippen molar-refractivity contribution in [2.75, 3.05) is 25.1 Å². The van der Waals surface area contributed by atoms with E-state index in [1.54, 1.807) is 7.11 Å². The second kappa shape index (κ2) is 6.75. The van der Waals surface area contributed by atoms with Gasteiger partial charge in [0, 0.05) is 24.2 Å². The van der Waals surface area contributed by atoms with Crippen molar-refractivity contribution in [1.82, 2.24) is 0 Å². The first-order chi connectivity index (χ1) is 11.3. The molecule has 0 aliphatic carbocycles. The van der Waals surface area contributed by atoms with Crippen molar-refractivity contribution in [2.45, 2.75) is 26.2 Å². The highest BCUT2D eigenvalue weighted by atomic mass is 16.5. The van der Waals surface area contributed by atoms with Gasteiger partial charge >= 0.3 is 0 Å². The van der Waals surface area contributed by atoms with Crippen LogP contribution in [0.5, 0.6) is 5.75 Å². The molecule has 2 aromatic rings. The Morgan fingerprint density at radius 3 is 2.39 bits per heavy atom. The molecule has 0 bridgehead atoms. The first-order valence-corrected chi connectivity index (χ1v) is 8.18. The maximum absolute atomic E-state index is 9.68. The van der Waals surface area contributed by atoms with E-state index in [4.69, 9.17) is 4.74 Å². The molecule has 1 saturated heterocycles. The van der Waals surface area contributed by atoms with Gasteiger partial charge in [-0.3, -0.25) is 0 Å². The molecule has 2 aromatic carbocycles. The average molecular weight is 306 g/mol. The van der Waals surface area contributed by atoms with Gasteiger partial charge in [0.2, 0.25) is 0 Å². The second-order valence-electron chi connectivity index (χ2n) is 6.00. The summed E-state index contributed by atoms with van der Waals surface area (Å²) in [5.74, 6) is 0.800. The highest BCUT2D eigenvalue weighted by Crippen LogP contribution is 2.40.